The van der Waals surface area contributed by atoms with Crippen molar-refractivity contribution in [2.75, 3.05) is 26.8 Å². The number of rotatable bonds is 2. The average molecular weight is 182 g/mol. The van der Waals surface area contributed by atoms with Crippen molar-refractivity contribution in [2.24, 2.45) is 0 Å². The smallest absolute Gasteiger partial charge is 0.0936 e. The van der Waals surface area contributed by atoms with E-state index >= 15 is 0 Å². The molecule has 0 bridgehead atoms. The third-order valence-electron chi connectivity index (χ3n) is 1.58. The van der Waals surface area contributed by atoms with Gasteiger partial charge in [-0.05, 0) is 6.92 Å². The lowest BCUT2D eigenvalue weighted by Gasteiger charge is -2.27. The lowest BCUT2D eigenvalue weighted by atomic mass is 10.2. The first-order valence-electron chi connectivity index (χ1n) is 3.68. The summed E-state index contributed by atoms with van der Waals surface area (Å²) in [5.74, 6) is 0. The van der Waals surface area contributed by atoms with Gasteiger partial charge in [-0.25, -0.2) is 0 Å². The number of halogens is 1. The zero-order chi connectivity index (χ0) is 7.40. The second-order valence-electron chi connectivity index (χ2n) is 2.68. The number of hydrogen-bond acceptors (Lipinski definition) is 3. The van der Waals surface area contributed by atoms with Gasteiger partial charge in [0.25, 0.3) is 0 Å². The minimum atomic E-state index is 0. The highest BCUT2D eigenvalue weighted by Crippen LogP contribution is 2.02. The van der Waals surface area contributed by atoms with Gasteiger partial charge in [-0.3, -0.25) is 0 Å². The van der Waals surface area contributed by atoms with E-state index in [-0.39, 0.29) is 18.5 Å². The Morgan fingerprint density at radius 3 is 2.82 bits per heavy atom. The SMILES string of the molecule is COC[C@H]1CNC[C@H](C)O1.Cl. The Hall–Kier alpha value is 0.170. The topological polar surface area (TPSA) is 30.5 Å². The molecule has 0 aromatic heterocycles. The van der Waals surface area contributed by atoms with Gasteiger partial charge in [0, 0.05) is 20.2 Å². The number of morpholine rings is 1. The molecule has 1 aliphatic rings. The fourth-order valence-electron chi connectivity index (χ4n) is 1.16. The molecule has 0 aliphatic carbocycles. The Morgan fingerprint density at radius 2 is 2.27 bits per heavy atom. The van der Waals surface area contributed by atoms with Gasteiger partial charge in [-0.1, -0.05) is 0 Å². The Balaban J connectivity index is 0.000001000. The fraction of sp³-hybridized carbons (Fsp3) is 1.00. The van der Waals surface area contributed by atoms with Gasteiger partial charge >= 0.3 is 0 Å². The molecule has 4 heteroatoms. The molecule has 11 heavy (non-hydrogen) atoms. The van der Waals surface area contributed by atoms with Gasteiger partial charge in [0.2, 0.25) is 0 Å². The molecule has 3 nitrogen and oxygen atoms in total. The first-order valence-corrected chi connectivity index (χ1v) is 3.68. The molecule has 1 fully saturated rings. The maximum Gasteiger partial charge on any atom is 0.0936 e. The van der Waals surface area contributed by atoms with Crippen LogP contribution in [0.15, 0.2) is 0 Å². The summed E-state index contributed by atoms with van der Waals surface area (Å²) < 4.78 is 10.5. The summed E-state index contributed by atoms with van der Waals surface area (Å²) in [5.41, 5.74) is 0. The van der Waals surface area contributed by atoms with E-state index in [1.54, 1.807) is 7.11 Å². The molecule has 0 saturated carbocycles. The summed E-state index contributed by atoms with van der Waals surface area (Å²) in [6, 6.07) is 0. The largest absolute Gasteiger partial charge is 0.382 e. The summed E-state index contributed by atoms with van der Waals surface area (Å²) in [6.07, 6.45) is 0.572. The lowest BCUT2D eigenvalue weighted by molar-refractivity contribution is -0.0602. The molecular formula is C7H16ClNO2. The molecule has 68 valence electrons. The monoisotopic (exact) mass is 181 g/mol. The lowest BCUT2D eigenvalue weighted by Crippen LogP contribution is -2.45. The molecule has 0 amide bonds. The van der Waals surface area contributed by atoms with Crippen LogP contribution in [0.1, 0.15) is 6.92 Å². The van der Waals surface area contributed by atoms with Crippen molar-refractivity contribution < 1.29 is 9.47 Å². The Bertz CT molecular complexity index is 100. The van der Waals surface area contributed by atoms with Gasteiger partial charge in [0.05, 0.1) is 18.8 Å². The van der Waals surface area contributed by atoms with Gasteiger partial charge in [0.1, 0.15) is 0 Å². The van der Waals surface area contributed by atoms with E-state index in [0.717, 1.165) is 13.1 Å². The summed E-state index contributed by atoms with van der Waals surface area (Å²) >= 11 is 0. The molecule has 0 aromatic rings. The Labute approximate surface area is 73.9 Å². The van der Waals surface area contributed by atoms with Crippen molar-refractivity contribution in [3.63, 3.8) is 0 Å². The molecule has 0 spiro atoms. The van der Waals surface area contributed by atoms with Crippen molar-refractivity contribution >= 4 is 12.4 Å². The van der Waals surface area contributed by atoms with Gasteiger partial charge in [-0.15, -0.1) is 12.4 Å². The molecule has 1 aliphatic heterocycles. The maximum absolute atomic E-state index is 5.54. The average Bonchev–Trinajstić information content (AvgIpc) is 1.88. The fourth-order valence-corrected chi connectivity index (χ4v) is 1.16. The first kappa shape index (κ1) is 11.2. The van der Waals surface area contributed by atoms with E-state index in [9.17, 15) is 0 Å². The number of methoxy groups -OCH3 is 1. The number of ether oxygens (including phenoxy) is 2. The quantitative estimate of drug-likeness (QED) is 0.671. The second kappa shape index (κ2) is 5.77. The van der Waals surface area contributed by atoms with E-state index in [0.29, 0.717) is 12.7 Å². The number of hydrogen-bond donors (Lipinski definition) is 1. The summed E-state index contributed by atoms with van der Waals surface area (Å²) in [5, 5.41) is 3.26. The molecule has 1 heterocycles. The standard InChI is InChI=1S/C7H15NO2.ClH/c1-6-3-8-4-7(10-6)5-9-2;/h6-8H,3-5H2,1-2H3;1H/t6-,7+;/m0./s1. The molecule has 1 N–H and O–H groups in total. The first-order chi connectivity index (χ1) is 4.83. The van der Waals surface area contributed by atoms with E-state index in [4.69, 9.17) is 9.47 Å². The van der Waals surface area contributed by atoms with Crippen LogP contribution in [0.4, 0.5) is 0 Å². The highest BCUT2D eigenvalue weighted by molar-refractivity contribution is 5.85. The molecule has 1 saturated heterocycles. The third kappa shape index (κ3) is 3.91. The molecule has 2 atom stereocenters. The minimum absolute atomic E-state index is 0. The van der Waals surface area contributed by atoms with Crippen LogP contribution in [0.3, 0.4) is 0 Å². The molecule has 0 radical (unpaired) electrons. The Morgan fingerprint density at radius 1 is 1.55 bits per heavy atom. The van der Waals surface area contributed by atoms with Crippen LogP contribution in [0.25, 0.3) is 0 Å². The zero-order valence-corrected chi connectivity index (χ0v) is 7.82. The van der Waals surface area contributed by atoms with Crippen molar-refractivity contribution in [3.05, 3.63) is 0 Å². The highest BCUT2D eigenvalue weighted by atomic mass is 35.5. The van der Waals surface area contributed by atoms with Crippen molar-refractivity contribution in [1.29, 1.82) is 0 Å². The van der Waals surface area contributed by atoms with Crippen LogP contribution in [0.2, 0.25) is 0 Å². The van der Waals surface area contributed by atoms with Crippen LogP contribution in [-0.4, -0.2) is 39.0 Å². The normalized spacial score (nSPS) is 31.1. The molecule has 0 unspecified atom stereocenters. The van der Waals surface area contributed by atoms with E-state index in [2.05, 4.69) is 12.2 Å². The van der Waals surface area contributed by atoms with Crippen LogP contribution < -0.4 is 5.32 Å². The van der Waals surface area contributed by atoms with E-state index < -0.39 is 0 Å². The van der Waals surface area contributed by atoms with Gasteiger partial charge in [0.15, 0.2) is 0 Å². The predicted molar refractivity (Wildman–Crippen MR) is 46.3 cm³/mol. The van der Waals surface area contributed by atoms with Crippen LogP contribution in [0.5, 0.6) is 0 Å². The third-order valence-corrected chi connectivity index (χ3v) is 1.58. The van der Waals surface area contributed by atoms with Crippen LogP contribution in [-0.2, 0) is 9.47 Å². The Kier molecular flexibility index (Phi) is 5.86. The number of nitrogens with one attached hydrogen (secondary N) is 1. The summed E-state index contributed by atoms with van der Waals surface area (Å²) in [6.45, 7) is 4.63. The molecule has 1 rings (SSSR count). The zero-order valence-electron chi connectivity index (χ0n) is 7.00. The summed E-state index contributed by atoms with van der Waals surface area (Å²) in [4.78, 5) is 0. The van der Waals surface area contributed by atoms with Crippen LogP contribution >= 0.6 is 12.4 Å². The van der Waals surface area contributed by atoms with Crippen LogP contribution in [0, 0.1) is 0 Å². The van der Waals surface area contributed by atoms with E-state index in [1.807, 2.05) is 0 Å². The van der Waals surface area contributed by atoms with Crippen molar-refractivity contribution in [3.8, 4) is 0 Å². The van der Waals surface area contributed by atoms with Gasteiger partial charge in [-0.2, -0.15) is 0 Å². The summed E-state index contributed by atoms with van der Waals surface area (Å²) in [7, 11) is 1.70. The highest BCUT2D eigenvalue weighted by Gasteiger charge is 2.17. The molecular weight excluding hydrogens is 166 g/mol. The molecule has 0 aromatic carbocycles. The van der Waals surface area contributed by atoms with Gasteiger partial charge < -0.3 is 14.8 Å². The van der Waals surface area contributed by atoms with E-state index in [1.165, 1.54) is 0 Å². The predicted octanol–water partition coefficient (Wildman–Crippen LogP) is 0.432. The minimum Gasteiger partial charge on any atom is -0.382 e. The second-order valence-corrected chi connectivity index (χ2v) is 2.68. The maximum atomic E-state index is 5.54. The van der Waals surface area contributed by atoms with Crippen molar-refractivity contribution in [2.45, 2.75) is 19.1 Å². The van der Waals surface area contributed by atoms with Crippen molar-refractivity contribution in [1.82, 2.24) is 5.32 Å².